The molecule has 2 aromatic heterocycles. The number of nitrogens with zero attached hydrogens (tertiary/aromatic N) is 2. The molecule has 1 aliphatic rings. The van der Waals surface area contributed by atoms with Gasteiger partial charge >= 0.3 is 5.97 Å². The van der Waals surface area contributed by atoms with Crippen LogP contribution in [0.25, 0.3) is 5.65 Å². The normalized spacial score (nSPS) is 20.5. The van der Waals surface area contributed by atoms with Gasteiger partial charge in [0.15, 0.2) is 17.2 Å². The maximum absolute atomic E-state index is 13.7. The van der Waals surface area contributed by atoms with Gasteiger partial charge in [-0.2, -0.15) is 0 Å². The van der Waals surface area contributed by atoms with E-state index in [0.29, 0.717) is 41.7 Å². The first-order chi connectivity index (χ1) is 16.0. The summed E-state index contributed by atoms with van der Waals surface area (Å²) >= 11 is 0. The molecule has 0 spiro atoms. The first kappa shape index (κ1) is 23.0. The number of aromatic nitrogens is 2. The van der Waals surface area contributed by atoms with Crippen LogP contribution in [0.3, 0.4) is 0 Å². The molecule has 2 heterocycles. The van der Waals surface area contributed by atoms with Gasteiger partial charge in [-0.05, 0) is 68.6 Å². The van der Waals surface area contributed by atoms with Crippen molar-refractivity contribution in [1.29, 1.82) is 0 Å². The topological polar surface area (TPSA) is 69.9 Å². The lowest BCUT2D eigenvalue weighted by atomic mass is 9.65. The highest BCUT2D eigenvalue weighted by Crippen LogP contribution is 2.48. The van der Waals surface area contributed by atoms with Crippen LogP contribution in [0.2, 0.25) is 0 Å². The van der Waals surface area contributed by atoms with Crippen LogP contribution in [0.4, 0.5) is 0 Å². The molecule has 0 N–H and O–H groups in total. The quantitative estimate of drug-likeness (QED) is 0.335. The van der Waals surface area contributed by atoms with Crippen molar-refractivity contribution in [3.8, 4) is 5.75 Å². The van der Waals surface area contributed by atoms with E-state index in [1.807, 2.05) is 42.6 Å². The molecule has 1 aromatic carbocycles. The largest absolute Gasteiger partial charge is 0.490 e. The van der Waals surface area contributed by atoms with Crippen molar-refractivity contribution in [3.05, 3.63) is 65.6 Å². The Morgan fingerprint density at radius 1 is 1.09 bits per heavy atom. The maximum Gasteiger partial charge on any atom is 0.306 e. The van der Waals surface area contributed by atoms with Gasteiger partial charge in [-0.15, -0.1) is 0 Å². The number of ketones is 1. The second-order valence-electron chi connectivity index (χ2n) is 9.08. The number of aryl methyl sites for hydroxylation is 1. The van der Waals surface area contributed by atoms with Crippen LogP contribution in [-0.4, -0.2) is 34.9 Å². The number of carbonyl (C=O) groups excluding carboxylic acids is 2. The standard InChI is InChI=1S/C27H32N2O4/c1-4-33-23-11-8-16-29-25(19(2)28-26(23)29)22(30)17-27(18-24(31)32-3)14-12-21(13-15-27)20-9-6-5-7-10-20/h5-11,16,21H,4,12-15,17-18H2,1-3H3. The Morgan fingerprint density at radius 2 is 1.82 bits per heavy atom. The van der Waals surface area contributed by atoms with Gasteiger partial charge in [0.05, 0.1) is 25.8 Å². The molecule has 1 saturated carbocycles. The summed E-state index contributed by atoms with van der Waals surface area (Å²) in [5.41, 5.74) is 2.83. The number of fused-ring (bicyclic) bond motifs is 1. The molecule has 0 bridgehead atoms. The van der Waals surface area contributed by atoms with Crippen LogP contribution in [0.5, 0.6) is 5.75 Å². The third-order valence-electron chi connectivity index (χ3n) is 6.95. The van der Waals surface area contributed by atoms with Gasteiger partial charge in [0, 0.05) is 12.6 Å². The van der Waals surface area contributed by atoms with E-state index in [9.17, 15) is 9.59 Å². The minimum atomic E-state index is -0.399. The van der Waals surface area contributed by atoms with E-state index in [-0.39, 0.29) is 18.2 Å². The molecule has 0 radical (unpaired) electrons. The third kappa shape index (κ3) is 4.80. The Bertz CT molecular complexity index is 1130. The number of ether oxygens (including phenoxy) is 2. The lowest BCUT2D eigenvalue weighted by Crippen LogP contribution is -2.33. The monoisotopic (exact) mass is 448 g/mol. The van der Waals surface area contributed by atoms with E-state index in [1.165, 1.54) is 12.7 Å². The second-order valence-corrected chi connectivity index (χ2v) is 9.08. The van der Waals surface area contributed by atoms with Crippen molar-refractivity contribution in [1.82, 2.24) is 9.38 Å². The smallest absolute Gasteiger partial charge is 0.306 e. The fraction of sp³-hybridized carbons (Fsp3) is 0.444. The molecular weight excluding hydrogens is 416 g/mol. The lowest BCUT2D eigenvalue weighted by Gasteiger charge is -2.39. The molecule has 0 amide bonds. The highest BCUT2D eigenvalue weighted by Gasteiger charge is 2.40. The fourth-order valence-corrected chi connectivity index (χ4v) is 5.27. The predicted molar refractivity (Wildman–Crippen MR) is 127 cm³/mol. The Morgan fingerprint density at radius 3 is 2.48 bits per heavy atom. The zero-order valence-electron chi connectivity index (χ0n) is 19.7. The zero-order chi connectivity index (χ0) is 23.4. The van der Waals surface area contributed by atoms with E-state index in [2.05, 4.69) is 29.2 Å². The second kappa shape index (κ2) is 9.77. The highest BCUT2D eigenvalue weighted by molar-refractivity contribution is 5.97. The average Bonchev–Trinajstić information content (AvgIpc) is 3.17. The first-order valence-electron chi connectivity index (χ1n) is 11.7. The van der Waals surface area contributed by atoms with E-state index < -0.39 is 5.41 Å². The summed E-state index contributed by atoms with van der Waals surface area (Å²) in [5.74, 6) is 0.873. The van der Waals surface area contributed by atoms with Crippen LogP contribution >= 0.6 is 0 Å². The van der Waals surface area contributed by atoms with Crippen molar-refractivity contribution in [3.63, 3.8) is 0 Å². The zero-order valence-corrected chi connectivity index (χ0v) is 19.7. The number of imidazole rings is 1. The molecule has 0 saturated heterocycles. The molecule has 0 unspecified atom stereocenters. The van der Waals surface area contributed by atoms with Gasteiger partial charge in [-0.3, -0.25) is 14.0 Å². The molecular formula is C27H32N2O4. The summed E-state index contributed by atoms with van der Waals surface area (Å²) < 4.78 is 12.5. The van der Waals surface area contributed by atoms with Crippen LogP contribution < -0.4 is 4.74 Å². The van der Waals surface area contributed by atoms with Crippen molar-refractivity contribution in [2.24, 2.45) is 5.41 Å². The van der Waals surface area contributed by atoms with Gasteiger partial charge in [-0.25, -0.2) is 4.98 Å². The van der Waals surface area contributed by atoms with Crippen LogP contribution in [0.1, 0.15) is 73.1 Å². The first-order valence-corrected chi connectivity index (χ1v) is 11.7. The number of rotatable bonds is 8. The minimum absolute atomic E-state index is 0.00992. The molecule has 1 fully saturated rings. The van der Waals surface area contributed by atoms with Crippen molar-refractivity contribution < 1.29 is 19.1 Å². The number of esters is 1. The average molecular weight is 449 g/mol. The summed E-state index contributed by atoms with van der Waals surface area (Å²) in [7, 11) is 1.41. The summed E-state index contributed by atoms with van der Waals surface area (Å²) in [5, 5.41) is 0. The lowest BCUT2D eigenvalue weighted by molar-refractivity contribution is -0.144. The third-order valence-corrected chi connectivity index (χ3v) is 6.95. The van der Waals surface area contributed by atoms with Gasteiger partial charge in [-0.1, -0.05) is 30.3 Å². The summed E-state index contributed by atoms with van der Waals surface area (Å²) in [6.07, 6.45) is 5.95. The molecule has 0 atom stereocenters. The van der Waals surface area contributed by atoms with Crippen molar-refractivity contribution >= 4 is 17.4 Å². The number of pyridine rings is 1. The van der Waals surface area contributed by atoms with Crippen LogP contribution in [0, 0.1) is 12.3 Å². The number of Topliss-reactive ketones (excluding diaryl/α,β-unsaturated/α-hetero) is 1. The van der Waals surface area contributed by atoms with Gasteiger partial charge in [0.1, 0.15) is 5.69 Å². The Kier molecular flexibility index (Phi) is 6.82. The number of hydrogen-bond donors (Lipinski definition) is 0. The van der Waals surface area contributed by atoms with E-state index >= 15 is 0 Å². The van der Waals surface area contributed by atoms with Crippen molar-refractivity contribution in [2.75, 3.05) is 13.7 Å². The highest BCUT2D eigenvalue weighted by atomic mass is 16.5. The number of carbonyl (C=O) groups is 2. The van der Waals surface area contributed by atoms with E-state index in [4.69, 9.17) is 9.47 Å². The van der Waals surface area contributed by atoms with Gasteiger partial charge in [0.2, 0.25) is 0 Å². The molecule has 33 heavy (non-hydrogen) atoms. The van der Waals surface area contributed by atoms with E-state index in [1.54, 1.807) is 0 Å². The van der Waals surface area contributed by atoms with Gasteiger partial charge < -0.3 is 9.47 Å². The minimum Gasteiger partial charge on any atom is -0.490 e. The Hall–Kier alpha value is -3.15. The number of methoxy groups -OCH3 is 1. The summed E-state index contributed by atoms with van der Waals surface area (Å²) in [6.45, 7) is 4.31. The molecule has 174 valence electrons. The number of hydrogen-bond acceptors (Lipinski definition) is 5. The molecule has 4 rings (SSSR count). The van der Waals surface area contributed by atoms with Gasteiger partial charge in [0.25, 0.3) is 0 Å². The van der Waals surface area contributed by atoms with Crippen molar-refractivity contribution in [2.45, 2.75) is 58.3 Å². The molecule has 6 nitrogen and oxygen atoms in total. The molecule has 6 heteroatoms. The summed E-state index contributed by atoms with van der Waals surface area (Å²) in [4.78, 5) is 30.6. The van der Waals surface area contributed by atoms with Crippen LogP contribution in [-0.2, 0) is 9.53 Å². The summed E-state index contributed by atoms with van der Waals surface area (Å²) in [6, 6.07) is 14.2. The molecule has 0 aliphatic heterocycles. The molecule has 3 aromatic rings. The Labute approximate surface area is 194 Å². The SMILES string of the molecule is CCOc1cccn2c(C(=O)CC3(CC(=O)OC)CCC(c4ccccc4)CC3)c(C)nc12. The van der Waals surface area contributed by atoms with Crippen LogP contribution in [0.15, 0.2) is 48.7 Å². The number of benzene rings is 1. The Balaban J connectivity index is 1.60. The van der Waals surface area contributed by atoms with E-state index in [0.717, 1.165) is 25.7 Å². The molecule has 1 aliphatic carbocycles. The predicted octanol–water partition coefficient (Wildman–Crippen LogP) is 5.52. The fourth-order valence-electron chi connectivity index (χ4n) is 5.27. The maximum atomic E-state index is 13.7.